The average molecular weight is 527 g/mol. The monoisotopic (exact) mass is 526 g/mol. The summed E-state index contributed by atoms with van der Waals surface area (Å²) >= 11 is 0. The first-order valence-corrected chi connectivity index (χ1v) is 12.1. The van der Waals surface area contributed by atoms with E-state index in [0.29, 0.717) is 25.4 Å². The predicted molar refractivity (Wildman–Crippen MR) is 140 cm³/mol. The lowest BCUT2D eigenvalue weighted by Crippen LogP contribution is -2.11. The Hall–Kier alpha value is -3.79. The molecular formula is C29H34O9. The first-order chi connectivity index (χ1) is 18.6. The summed E-state index contributed by atoms with van der Waals surface area (Å²) in [5.74, 6) is 1.16. The second-order valence-electron chi connectivity index (χ2n) is 8.07. The van der Waals surface area contributed by atoms with E-state index in [-0.39, 0.29) is 43.9 Å². The fourth-order valence-electron chi connectivity index (χ4n) is 3.35. The topological polar surface area (TPSA) is 90.9 Å². The van der Waals surface area contributed by atoms with E-state index in [4.69, 9.17) is 37.9 Å². The quantitative estimate of drug-likeness (QED) is 0.137. The number of esters is 1. The standard InChI is InChI=1S/C29H34O9/c1-31-20-37-26-16-24(17-27(38-21-32-2)28(26)36-19-22-8-5-4-6-9-22)29(30)35-15-7-14-34-18-23-10-12-25(33-3)13-11-23/h4-6,8-13,16-17H,7,14-15,18-21H2,1-3H3. The average Bonchev–Trinajstić information content (AvgIpc) is 2.96. The van der Waals surface area contributed by atoms with E-state index in [2.05, 4.69) is 0 Å². The van der Waals surface area contributed by atoms with E-state index >= 15 is 0 Å². The van der Waals surface area contributed by atoms with Crippen molar-refractivity contribution in [1.29, 1.82) is 0 Å². The minimum atomic E-state index is -0.528. The lowest BCUT2D eigenvalue weighted by molar-refractivity contribution is 0.0380. The van der Waals surface area contributed by atoms with Gasteiger partial charge in [0.05, 0.1) is 32.5 Å². The summed E-state index contributed by atoms with van der Waals surface area (Å²) in [5.41, 5.74) is 2.23. The summed E-state index contributed by atoms with van der Waals surface area (Å²) < 4.78 is 43.8. The van der Waals surface area contributed by atoms with E-state index in [0.717, 1.165) is 16.9 Å². The highest BCUT2D eigenvalue weighted by molar-refractivity contribution is 5.91. The Morgan fingerprint density at radius 1 is 0.711 bits per heavy atom. The maximum absolute atomic E-state index is 12.8. The Morgan fingerprint density at radius 2 is 1.34 bits per heavy atom. The molecule has 0 aliphatic rings. The first kappa shape index (κ1) is 28.8. The van der Waals surface area contributed by atoms with Gasteiger partial charge in [-0.05, 0) is 35.4 Å². The van der Waals surface area contributed by atoms with E-state index in [1.807, 2.05) is 54.6 Å². The van der Waals surface area contributed by atoms with Gasteiger partial charge in [-0.25, -0.2) is 4.79 Å². The Kier molecular flexibility index (Phi) is 12.2. The number of carbonyl (C=O) groups excluding carboxylic acids is 1. The third-order valence-corrected chi connectivity index (χ3v) is 5.24. The van der Waals surface area contributed by atoms with Gasteiger partial charge in [0, 0.05) is 20.6 Å². The molecule has 3 aromatic carbocycles. The molecule has 9 nitrogen and oxygen atoms in total. The molecule has 0 saturated heterocycles. The van der Waals surface area contributed by atoms with Gasteiger partial charge in [0.25, 0.3) is 0 Å². The number of rotatable bonds is 17. The van der Waals surface area contributed by atoms with Gasteiger partial charge in [0.1, 0.15) is 12.4 Å². The smallest absolute Gasteiger partial charge is 0.338 e. The van der Waals surface area contributed by atoms with Crippen molar-refractivity contribution in [3.05, 3.63) is 83.4 Å². The van der Waals surface area contributed by atoms with Crippen molar-refractivity contribution in [3.8, 4) is 23.0 Å². The van der Waals surface area contributed by atoms with Crippen molar-refractivity contribution in [3.63, 3.8) is 0 Å². The Morgan fingerprint density at radius 3 is 1.95 bits per heavy atom. The van der Waals surface area contributed by atoms with E-state index in [1.165, 1.54) is 14.2 Å². The second-order valence-corrected chi connectivity index (χ2v) is 8.07. The molecule has 0 atom stereocenters. The van der Waals surface area contributed by atoms with Crippen LogP contribution in [0.4, 0.5) is 0 Å². The summed E-state index contributed by atoms with van der Waals surface area (Å²) in [6.07, 6.45) is 0.542. The molecule has 0 aliphatic carbocycles. The third kappa shape index (κ3) is 9.26. The molecule has 0 fully saturated rings. The fraction of sp³-hybridized carbons (Fsp3) is 0.345. The maximum Gasteiger partial charge on any atom is 0.338 e. The minimum Gasteiger partial charge on any atom is -0.497 e. The van der Waals surface area contributed by atoms with Crippen LogP contribution in [0.3, 0.4) is 0 Å². The van der Waals surface area contributed by atoms with E-state index in [9.17, 15) is 4.79 Å². The van der Waals surface area contributed by atoms with Crippen LogP contribution in [0.25, 0.3) is 0 Å². The molecule has 0 radical (unpaired) electrons. The van der Waals surface area contributed by atoms with Gasteiger partial charge >= 0.3 is 5.97 Å². The zero-order valence-corrected chi connectivity index (χ0v) is 22.0. The molecule has 204 valence electrons. The molecule has 3 rings (SSSR count). The van der Waals surface area contributed by atoms with Gasteiger partial charge < -0.3 is 37.9 Å². The lowest BCUT2D eigenvalue weighted by Gasteiger charge is -2.18. The highest BCUT2D eigenvalue weighted by atomic mass is 16.7. The summed E-state index contributed by atoms with van der Waals surface area (Å²) in [5, 5.41) is 0. The van der Waals surface area contributed by atoms with E-state index in [1.54, 1.807) is 19.2 Å². The van der Waals surface area contributed by atoms with Gasteiger partial charge in [-0.15, -0.1) is 0 Å². The molecule has 0 amide bonds. The minimum absolute atomic E-state index is 0.0462. The molecule has 0 heterocycles. The SMILES string of the molecule is COCOc1cc(C(=O)OCCCOCc2ccc(OC)cc2)cc(OCOC)c1OCc1ccccc1. The van der Waals surface area contributed by atoms with E-state index < -0.39 is 5.97 Å². The van der Waals surface area contributed by atoms with Crippen LogP contribution in [-0.2, 0) is 32.2 Å². The van der Waals surface area contributed by atoms with Gasteiger partial charge in [-0.2, -0.15) is 0 Å². The Bertz CT molecular complexity index is 1070. The molecule has 3 aromatic rings. The Labute approximate surface area is 223 Å². The van der Waals surface area contributed by atoms with Crippen molar-refractivity contribution >= 4 is 5.97 Å². The maximum atomic E-state index is 12.8. The van der Waals surface area contributed by atoms with Crippen molar-refractivity contribution in [2.45, 2.75) is 19.6 Å². The van der Waals surface area contributed by atoms with Crippen LogP contribution < -0.4 is 18.9 Å². The van der Waals surface area contributed by atoms with Gasteiger partial charge in [-0.1, -0.05) is 42.5 Å². The number of ether oxygens (including phenoxy) is 8. The van der Waals surface area contributed by atoms with Crippen LogP contribution in [0.2, 0.25) is 0 Å². The predicted octanol–water partition coefficient (Wildman–Crippen LogP) is 5.00. The van der Waals surface area contributed by atoms with Crippen LogP contribution >= 0.6 is 0 Å². The molecule has 0 saturated carbocycles. The number of hydrogen-bond donors (Lipinski definition) is 0. The third-order valence-electron chi connectivity index (χ3n) is 5.24. The summed E-state index contributed by atoms with van der Waals surface area (Å²) in [4.78, 5) is 12.8. The van der Waals surface area contributed by atoms with Gasteiger partial charge in [-0.3, -0.25) is 0 Å². The number of carbonyl (C=O) groups is 1. The van der Waals surface area contributed by atoms with Crippen LogP contribution in [0.15, 0.2) is 66.7 Å². The largest absolute Gasteiger partial charge is 0.497 e. The molecule has 0 spiro atoms. The molecule has 38 heavy (non-hydrogen) atoms. The zero-order chi connectivity index (χ0) is 27.0. The highest BCUT2D eigenvalue weighted by Gasteiger charge is 2.20. The first-order valence-electron chi connectivity index (χ1n) is 12.1. The summed E-state index contributed by atoms with van der Waals surface area (Å²) in [6.45, 7) is 1.27. The molecule has 0 N–H and O–H groups in total. The van der Waals surface area contributed by atoms with Gasteiger partial charge in [0.2, 0.25) is 5.75 Å². The van der Waals surface area contributed by atoms with Crippen LogP contribution in [-0.4, -0.2) is 54.1 Å². The lowest BCUT2D eigenvalue weighted by atomic mass is 10.1. The molecule has 9 heteroatoms. The molecular weight excluding hydrogens is 492 g/mol. The molecule has 0 unspecified atom stereocenters. The number of benzene rings is 3. The summed E-state index contributed by atoms with van der Waals surface area (Å²) in [7, 11) is 4.63. The Balaban J connectivity index is 1.60. The van der Waals surface area contributed by atoms with Gasteiger partial charge in [0.15, 0.2) is 25.1 Å². The summed E-state index contributed by atoms with van der Waals surface area (Å²) in [6, 6.07) is 20.4. The van der Waals surface area contributed by atoms with Crippen molar-refractivity contribution in [2.75, 3.05) is 48.1 Å². The van der Waals surface area contributed by atoms with Crippen molar-refractivity contribution < 1.29 is 42.7 Å². The zero-order valence-electron chi connectivity index (χ0n) is 22.0. The number of methoxy groups -OCH3 is 3. The normalized spacial score (nSPS) is 10.6. The van der Waals surface area contributed by atoms with Crippen LogP contribution in [0.5, 0.6) is 23.0 Å². The second kappa shape index (κ2) is 16.1. The fourth-order valence-corrected chi connectivity index (χ4v) is 3.35. The molecule has 0 bridgehead atoms. The molecule has 0 aliphatic heterocycles. The van der Waals surface area contributed by atoms with Crippen LogP contribution in [0, 0.1) is 0 Å². The van der Waals surface area contributed by atoms with Crippen molar-refractivity contribution in [1.82, 2.24) is 0 Å². The molecule has 0 aromatic heterocycles. The highest BCUT2D eigenvalue weighted by Crippen LogP contribution is 2.40. The van der Waals surface area contributed by atoms with Crippen LogP contribution in [0.1, 0.15) is 27.9 Å². The van der Waals surface area contributed by atoms with Crippen molar-refractivity contribution in [2.24, 2.45) is 0 Å². The number of hydrogen-bond acceptors (Lipinski definition) is 9.